The monoisotopic (exact) mass is 724 g/mol. The molecule has 6 N–H and O–H groups in total. The zero-order valence-electron chi connectivity index (χ0n) is 29.6. The molecule has 0 amide bonds. The van der Waals surface area contributed by atoms with E-state index in [0.29, 0.717) is 32.3 Å². The molecule has 2 fully saturated rings. The SMILES string of the molecule is CCCC1(N)CCCC(Oc2cc3cc[nH]c(=O)c3cc2Cl)CCC1.CCCC1(N)CCCC(Oc2cc3cc[nH]c(=O)c3cc2Cl)CCC1. The van der Waals surface area contributed by atoms with Gasteiger partial charge in [-0.15, -0.1) is 0 Å². The highest BCUT2D eigenvalue weighted by atomic mass is 35.5. The fourth-order valence-corrected chi connectivity index (χ4v) is 8.33. The van der Waals surface area contributed by atoms with E-state index in [-0.39, 0.29) is 34.4 Å². The van der Waals surface area contributed by atoms with Gasteiger partial charge in [0.1, 0.15) is 11.5 Å². The molecule has 0 atom stereocenters. The Morgan fingerprint density at radius 3 is 1.36 bits per heavy atom. The quantitative estimate of drug-likeness (QED) is 0.143. The first-order valence-electron chi connectivity index (χ1n) is 18.5. The number of hydrogen-bond acceptors (Lipinski definition) is 6. The van der Waals surface area contributed by atoms with Gasteiger partial charge in [-0.2, -0.15) is 0 Å². The van der Waals surface area contributed by atoms with Gasteiger partial charge in [0.15, 0.2) is 0 Å². The molecule has 0 unspecified atom stereocenters. The number of benzene rings is 2. The van der Waals surface area contributed by atoms with E-state index in [1.807, 2.05) is 24.3 Å². The first kappa shape index (κ1) is 38.2. The van der Waals surface area contributed by atoms with Gasteiger partial charge in [0.2, 0.25) is 0 Å². The van der Waals surface area contributed by atoms with Crippen molar-refractivity contribution in [1.29, 1.82) is 0 Å². The van der Waals surface area contributed by atoms with Gasteiger partial charge in [-0.25, -0.2) is 0 Å². The molecule has 8 nitrogen and oxygen atoms in total. The van der Waals surface area contributed by atoms with Crippen molar-refractivity contribution in [2.24, 2.45) is 11.5 Å². The van der Waals surface area contributed by atoms with E-state index in [0.717, 1.165) is 114 Å². The van der Waals surface area contributed by atoms with Crippen molar-refractivity contribution in [1.82, 2.24) is 9.97 Å². The van der Waals surface area contributed by atoms with Gasteiger partial charge >= 0.3 is 0 Å². The number of fused-ring (bicyclic) bond motifs is 2. The van der Waals surface area contributed by atoms with Crippen molar-refractivity contribution < 1.29 is 9.47 Å². The molecule has 2 aromatic heterocycles. The highest BCUT2D eigenvalue weighted by Gasteiger charge is 2.28. The number of H-pyrrole nitrogens is 2. The maximum Gasteiger partial charge on any atom is 0.255 e. The summed E-state index contributed by atoms with van der Waals surface area (Å²) in [5.41, 5.74) is 12.8. The lowest BCUT2D eigenvalue weighted by molar-refractivity contribution is 0.149. The van der Waals surface area contributed by atoms with Crippen molar-refractivity contribution in [3.05, 3.63) is 79.5 Å². The van der Waals surface area contributed by atoms with E-state index in [1.165, 1.54) is 0 Å². The van der Waals surface area contributed by atoms with Crippen LogP contribution in [0.4, 0.5) is 0 Å². The summed E-state index contributed by atoms with van der Waals surface area (Å²) in [6.07, 6.45) is 20.6. The molecule has 272 valence electrons. The van der Waals surface area contributed by atoms with Crippen molar-refractivity contribution in [2.75, 3.05) is 0 Å². The Morgan fingerprint density at radius 2 is 1.02 bits per heavy atom. The van der Waals surface area contributed by atoms with Crippen molar-refractivity contribution >= 4 is 44.7 Å². The molecule has 0 radical (unpaired) electrons. The average molecular weight is 726 g/mol. The zero-order valence-corrected chi connectivity index (χ0v) is 31.1. The molecule has 50 heavy (non-hydrogen) atoms. The summed E-state index contributed by atoms with van der Waals surface area (Å²) in [6, 6.07) is 10.9. The molecular formula is C40H54Cl2N4O4. The summed E-state index contributed by atoms with van der Waals surface area (Å²) >= 11 is 12.7. The predicted octanol–water partition coefficient (Wildman–Crippen LogP) is 9.56. The average Bonchev–Trinajstić information content (AvgIpc) is 3.05. The van der Waals surface area contributed by atoms with Gasteiger partial charge in [-0.05, 0) is 137 Å². The normalized spacial score (nSPS) is 24.7. The summed E-state index contributed by atoms with van der Waals surface area (Å²) in [6.45, 7) is 4.40. The van der Waals surface area contributed by atoms with Gasteiger partial charge in [0.05, 0.1) is 22.3 Å². The number of halogens is 2. The Hall–Kier alpha value is -3.04. The molecule has 4 aromatic rings. The Balaban J connectivity index is 0.000000194. The molecule has 0 bridgehead atoms. The number of rotatable bonds is 8. The maximum atomic E-state index is 11.9. The van der Waals surface area contributed by atoms with Crippen LogP contribution in [0.2, 0.25) is 10.0 Å². The first-order chi connectivity index (χ1) is 24.0. The molecule has 0 saturated heterocycles. The van der Waals surface area contributed by atoms with Gasteiger partial charge in [0.25, 0.3) is 11.1 Å². The standard InChI is InChI=1S/2C20H27ClN2O2/c2*1-2-8-20(22)9-3-5-15(6-4-10-20)25-18-12-14-7-11-23-19(24)16(14)13-17(18)21/h2*7,11-13,15H,2-6,8-10,22H2,1H3,(H,23,24). The van der Waals surface area contributed by atoms with E-state index >= 15 is 0 Å². The topological polar surface area (TPSA) is 136 Å². The lowest BCUT2D eigenvalue weighted by atomic mass is 9.81. The number of pyridine rings is 2. The largest absolute Gasteiger partial charge is 0.489 e. The lowest BCUT2D eigenvalue weighted by Crippen LogP contribution is -2.41. The number of ether oxygens (including phenoxy) is 2. The zero-order chi connectivity index (χ0) is 35.7. The van der Waals surface area contributed by atoms with Gasteiger partial charge in [0, 0.05) is 34.2 Å². The Kier molecular flexibility index (Phi) is 13.3. The second-order valence-corrected chi connectivity index (χ2v) is 15.4. The number of nitrogens with two attached hydrogens (primary N) is 2. The van der Waals surface area contributed by atoms with Gasteiger partial charge < -0.3 is 30.9 Å². The van der Waals surface area contributed by atoms with Crippen LogP contribution in [-0.2, 0) is 0 Å². The minimum Gasteiger partial charge on any atom is -0.489 e. The van der Waals surface area contributed by atoms with Crippen LogP contribution in [0, 0.1) is 0 Å². The number of hydrogen-bond donors (Lipinski definition) is 4. The number of aromatic nitrogens is 2. The molecular weight excluding hydrogens is 671 g/mol. The van der Waals surface area contributed by atoms with Crippen molar-refractivity contribution in [3.63, 3.8) is 0 Å². The third kappa shape index (κ3) is 10.1. The van der Waals surface area contributed by atoms with Gasteiger partial charge in [-0.1, -0.05) is 49.9 Å². The lowest BCUT2D eigenvalue weighted by Gasteiger charge is -2.33. The minimum atomic E-state index is -0.132. The fourth-order valence-electron chi connectivity index (χ4n) is 7.91. The number of aromatic amines is 2. The van der Waals surface area contributed by atoms with E-state index in [9.17, 15) is 9.59 Å². The molecule has 2 aliphatic carbocycles. The number of nitrogens with one attached hydrogen (secondary N) is 2. The van der Waals surface area contributed by atoms with Crippen LogP contribution >= 0.6 is 23.2 Å². The smallest absolute Gasteiger partial charge is 0.255 e. The molecule has 2 aromatic carbocycles. The second kappa shape index (κ2) is 17.5. The molecule has 2 heterocycles. The van der Waals surface area contributed by atoms with Crippen molar-refractivity contribution in [3.8, 4) is 11.5 Å². The van der Waals surface area contributed by atoms with Crippen LogP contribution in [0.1, 0.15) is 117 Å². The fraction of sp³-hybridized carbons (Fsp3) is 0.550. The minimum absolute atomic E-state index is 0.00133. The van der Waals surface area contributed by atoms with E-state index in [1.54, 1.807) is 24.5 Å². The molecule has 2 aliphatic rings. The molecule has 6 rings (SSSR count). The molecule has 10 heteroatoms. The van der Waals surface area contributed by atoms with Crippen LogP contribution in [0.5, 0.6) is 11.5 Å². The van der Waals surface area contributed by atoms with Crippen LogP contribution in [0.15, 0.2) is 58.4 Å². The van der Waals surface area contributed by atoms with Crippen molar-refractivity contribution in [2.45, 2.75) is 140 Å². The van der Waals surface area contributed by atoms with E-state index in [4.69, 9.17) is 44.1 Å². The first-order valence-corrected chi connectivity index (χ1v) is 19.3. The molecule has 0 aliphatic heterocycles. The summed E-state index contributed by atoms with van der Waals surface area (Å²) in [5.74, 6) is 1.33. The summed E-state index contributed by atoms with van der Waals surface area (Å²) in [5, 5.41) is 3.85. The highest BCUT2D eigenvalue weighted by Crippen LogP contribution is 2.35. The van der Waals surface area contributed by atoms with Gasteiger partial charge in [-0.3, -0.25) is 9.59 Å². The molecule has 2 saturated carbocycles. The Labute approximate surface area is 305 Å². The van der Waals surface area contributed by atoms with E-state index < -0.39 is 0 Å². The maximum absolute atomic E-state index is 11.9. The summed E-state index contributed by atoms with van der Waals surface area (Å²) in [4.78, 5) is 29.1. The van der Waals surface area contributed by atoms with Crippen LogP contribution in [0.25, 0.3) is 21.5 Å². The Morgan fingerprint density at radius 1 is 0.660 bits per heavy atom. The van der Waals surface area contributed by atoms with E-state index in [2.05, 4.69) is 23.8 Å². The second-order valence-electron chi connectivity index (χ2n) is 14.6. The summed E-state index contributed by atoms with van der Waals surface area (Å²) in [7, 11) is 0. The molecule has 0 spiro atoms. The van der Waals surface area contributed by atoms with Crippen LogP contribution < -0.4 is 32.1 Å². The summed E-state index contributed by atoms with van der Waals surface area (Å²) < 4.78 is 12.4. The Bertz CT molecular complexity index is 1690. The highest BCUT2D eigenvalue weighted by molar-refractivity contribution is 6.33. The predicted molar refractivity (Wildman–Crippen MR) is 207 cm³/mol. The van der Waals surface area contributed by atoms with Crippen LogP contribution in [-0.4, -0.2) is 33.3 Å². The van der Waals surface area contributed by atoms with Crippen LogP contribution in [0.3, 0.4) is 0 Å². The third-order valence-corrected chi connectivity index (χ3v) is 11.1. The third-order valence-electron chi connectivity index (χ3n) is 10.5.